The normalized spacial score (nSPS) is 28.2. The van der Waals surface area contributed by atoms with Gasteiger partial charge >= 0.3 is 0 Å². The molecule has 1 aliphatic rings. The van der Waals surface area contributed by atoms with Crippen molar-refractivity contribution in [2.24, 2.45) is 5.92 Å². The Bertz CT molecular complexity index is 413. The van der Waals surface area contributed by atoms with Gasteiger partial charge < -0.3 is 0 Å². The molecule has 2 rings (SSSR count). The summed E-state index contributed by atoms with van der Waals surface area (Å²) in [7, 11) is 0. The first-order chi connectivity index (χ1) is 7.72. The molecule has 16 heavy (non-hydrogen) atoms. The fraction of sp³-hybridized carbons (Fsp3) is 0.500. The minimum absolute atomic E-state index is 0.237. The van der Waals surface area contributed by atoms with Crippen molar-refractivity contribution in [3.63, 3.8) is 0 Å². The first-order valence-electron chi connectivity index (χ1n) is 5.88. The quantitative estimate of drug-likeness (QED) is 0.755. The van der Waals surface area contributed by atoms with Gasteiger partial charge in [0.05, 0.1) is 11.5 Å². The van der Waals surface area contributed by atoms with Crippen LogP contribution in [0.15, 0.2) is 24.3 Å². The van der Waals surface area contributed by atoms with Crippen molar-refractivity contribution in [3.8, 4) is 6.07 Å². The van der Waals surface area contributed by atoms with Crippen LogP contribution in [0, 0.1) is 23.1 Å². The van der Waals surface area contributed by atoms with Gasteiger partial charge in [0, 0.05) is 5.56 Å². The van der Waals surface area contributed by atoms with E-state index in [2.05, 4.69) is 13.0 Å². The van der Waals surface area contributed by atoms with Crippen molar-refractivity contribution in [2.75, 3.05) is 0 Å². The molecule has 0 N–H and O–H groups in total. The molecule has 84 valence electrons. The summed E-state index contributed by atoms with van der Waals surface area (Å²) in [4.78, 5) is 0. The van der Waals surface area contributed by atoms with Crippen molar-refractivity contribution < 1.29 is 4.39 Å². The van der Waals surface area contributed by atoms with Crippen molar-refractivity contribution in [2.45, 2.75) is 38.0 Å². The van der Waals surface area contributed by atoms with Gasteiger partial charge in [-0.05, 0) is 24.8 Å². The molecule has 0 heterocycles. The summed E-state index contributed by atoms with van der Waals surface area (Å²) in [5, 5.41) is 9.28. The maximum atomic E-state index is 13.7. The highest BCUT2D eigenvalue weighted by molar-refractivity contribution is 5.37. The zero-order chi connectivity index (χ0) is 11.6. The van der Waals surface area contributed by atoms with Gasteiger partial charge in [-0.3, -0.25) is 0 Å². The topological polar surface area (TPSA) is 23.8 Å². The van der Waals surface area contributed by atoms with Crippen molar-refractivity contribution in [1.82, 2.24) is 0 Å². The summed E-state index contributed by atoms with van der Waals surface area (Å²) in [6, 6.07) is 9.00. The third-order valence-corrected chi connectivity index (χ3v) is 3.57. The third-order valence-electron chi connectivity index (χ3n) is 3.57. The lowest BCUT2D eigenvalue weighted by Gasteiger charge is -2.43. The Labute approximate surface area is 95.9 Å². The second-order valence-electron chi connectivity index (χ2n) is 4.74. The van der Waals surface area contributed by atoms with E-state index in [-0.39, 0.29) is 5.82 Å². The van der Waals surface area contributed by atoms with Crippen LogP contribution in [0.1, 0.15) is 38.2 Å². The van der Waals surface area contributed by atoms with E-state index in [0.29, 0.717) is 11.5 Å². The number of benzene rings is 1. The van der Waals surface area contributed by atoms with Gasteiger partial charge in [-0.25, -0.2) is 4.39 Å². The number of hydrogen-bond acceptors (Lipinski definition) is 1. The van der Waals surface area contributed by atoms with E-state index in [1.54, 1.807) is 12.1 Å². The van der Waals surface area contributed by atoms with E-state index in [0.717, 1.165) is 25.7 Å². The van der Waals surface area contributed by atoms with Crippen LogP contribution in [-0.2, 0) is 5.41 Å². The summed E-state index contributed by atoms with van der Waals surface area (Å²) in [5.41, 5.74) is 0.0374. The Morgan fingerprint density at radius 1 is 1.44 bits per heavy atom. The molecule has 0 saturated heterocycles. The maximum absolute atomic E-state index is 13.7. The first-order valence-corrected chi connectivity index (χ1v) is 5.88. The lowest BCUT2D eigenvalue weighted by molar-refractivity contribution is 0.180. The fourth-order valence-corrected chi connectivity index (χ4v) is 2.76. The van der Waals surface area contributed by atoms with Gasteiger partial charge in [0.2, 0.25) is 0 Å². The van der Waals surface area contributed by atoms with E-state index < -0.39 is 5.41 Å². The van der Waals surface area contributed by atoms with Gasteiger partial charge in [0.25, 0.3) is 0 Å². The highest BCUT2D eigenvalue weighted by Gasteiger charge is 2.46. The second-order valence-corrected chi connectivity index (χ2v) is 4.74. The lowest BCUT2D eigenvalue weighted by atomic mass is 9.58. The average molecular weight is 217 g/mol. The zero-order valence-corrected chi connectivity index (χ0v) is 9.54. The molecule has 0 spiro atoms. The Balaban J connectivity index is 2.21. The van der Waals surface area contributed by atoms with Crippen molar-refractivity contribution >= 4 is 0 Å². The monoisotopic (exact) mass is 217 g/mol. The molecule has 0 radical (unpaired) electrons. The van der Waals surface area contributed by atoms with E-state index in [1.807, 2.05) is 6.07 Å². The summed E-state index contributed by atoms with van der Waals surface area (Å²) >= 11 is 0. The number of rotatable bonds is 3. The molecule has 1 aliphatic carbocycles. The van der Waals surface area contributed by atoms with E-state index in [4.69, 9.17) is 0 Å². The molecular weight excluding hydrogens is 201 g/mol. The minimum atomic E-state index is -0.550. The molecule has 1 aromatic rings. The van der Waals surface area contributed by atoms with Gasteiger partial charge in [-0.15, -0.1) is 0 Å². The molecule has 0 aliphatic heterocycles. The molecule has 0 aromatic heterocycles. The predicted octanol–water partition coefficient (Wildman–Crippen LogP) is 3.80. The van der Waals surface area contributed by atoms with Gasteiger partial charge in [-0.2, -0.15) is 5.26 Å². The second kappa shape index (κ2) is 4.25. The standard InChI is InChI=1S/C14H16FN/c1-2-5-11-8-14(9-11,10-16)12-6-3-4-7-13(12)15/h3-4,6-7,11H,2,5,8-9H2,1H3. The average Bonchev–Trinajstić information content (AvgIpc) is 2.24. The zero-order valence-electron chi connectivity index (χ0n) is 9.54. The molecule has 1 aromatic carbocycles. The molecule has 0 atom stereocenters. The molecule has 0 bridgehead atoms. The highest BCUT2D eigenvalue weighted by atomic mass is 19.1. The SMILES string of the molecule is CCCC1CC(C#N)(c2ccccc2F)C1. The molecule has 1 fully saturated rings. The summed E-state index contributed by atoms with van der Waals surface area (Å²) < 4.78 is 13.7. The van der Waals surface area contributed by atoms with Crippen LogP contribution in [0.4, 0.5) is 4.39 Å². The molecule has 0 amide bonds. The number of nitrogens with zero attached hydrogens (tertiary/aromatic N) is 1. The highest BCUT2D eigenvalue weighted by Crippen LogP contribution is 2.49. The van der Waals surface area contributed by atoms with Crippen LogP contribution in [0.2, 0.25) is 0 Å². The summed E-state index contributed by atoms with van der Waals surface area (Å²) in [5.74, 6) is 0.364. The lowest BCUT2D eigenvalue weighted by Crippen LogP contribution is -2.40. The van der Waals surface area contributed by atoms with Crippen LogP contribution in [0.25, 0.3) is 0 Å². The van der Waals surface area contributed by atoms with Crippen LogP contribution >= 0.6 is 0 Å². The summed E-state index contributed by atoms with van der Waals surface area (Å²) in [6.07, 6.45) is 3.93. The van der Waals surface area contributed by atoms with E-state index >= 15 is 0 Å². The Morgan fingerprint density at radius 3 is 2.69 bits per heavy atom. The fourth-order valence-electron chi connectivity index (χ4n) is 2.76. The van der Waals surface area contributed by atoms with Crippen LogP contribution in [0.5, 0.6) is 0 Å². The van der Waals surface area contributed by atoms with Crippen LogP contribution in [0.3, 0.4) is 0 Å². The Hall–Kier alpha value is -1.36. The molecule has 0 unspecified atom stereocenters. The number of nitriles is 1. The summed E-state index contributed by atoms with van der Waals surface area (Å²) in [6.45, 7) is 2.15. The smallest absolute Gasteiger partial charge is 0.128 e. The number of hydrogen-bond donors (Lipinski definition) is 0. The largest absolute Gasteiger partial charge is 0.207 e. The van der Waals surface area contributed by atoms with Gasteiger partial charge in [0.1, 0.15) is 5.82 Å². The van der Waals surface area contributed by atoms with Gasteiger partial charge in [-0.1, -0.05) is 38.0 Å². The maximum Gasteiger partial charge on any atom is 0.128 e. The number of halogens is 1. The Kier molecular flexibility index (Phi) is 2.96. The van der Waals surface area contributed by atoms with Crippen LogP contribution < -0.4 is 0 Å². The molecule has 1 saturated carbocycles. The predicted molar refractivity (Wildman–Crippen MR) is 61.3 cm³/mol. The van der Waals surface area contributed by atoms with E-state index in [1.165, 1.54) is 6.07 Å². The minimum Gasteiger partial charge on any atom is -0.207 e. The molecular formula is C14H16FN. The molecule has 2 heteroatoms. The third kappa shape index (κ3) is 1.71. The van der Waals surface area contributed by atoms with Crippen LogP contribution in [-0.4, -0.2) is 0 Å². The van der Waals surface area contributed by atoms with Gasteiger partial charge in [0.15, 0.2) is 0 Å². The molecule has 1 nitrogen and oxygen atoms in total. The first kappa shape index (κ1) is 11.1. The van der Waals surface area contributed by atoms with Crippen molar-refractivity contribution in [1.29, 1.82) is 5.26 Å². The van der Waals surface area contributed by atoms with E-state index in [9.17, 15) is 9.65 Å². The Morgan fingerprint density at radius 2 is 2.12 bits per heavy atom. The van der Waals surface area contributed by atoms with Crippen molar-refractivity contribution in [3.05, 3.63) is 35.6 Å².